The first-order valence-corrected chi connectivity index (χ1v) is 9.15. The molecule has 0 heterocycles. The van der Waals surface area contributed by atoms with Gasteiger partial charge in [-0.2, -0.15) is 0 Å². The van der Waals surface area contributed by atoms with Gasteiger partial charge in [-0.15, -0.1) is 0 Å². The number of sulfonamides is 1. The summed E-state index contributed by atoms with van der Waals surface area (Å²) in [7, 11) is 2.68. The standard InChI is InChI=1S/C14H31N3O2S/c1-13(2)15-10-7-11-20(18,19)17(5)12-14(16(3)4)8-6-9-14/h13,15H,6-12H2,1-5H3. The Labute approximate surface area is 124 Å². The van der Waals surface area contributed by atoms with E-state index < -0.39 is 10.0 Å². The molecule has 0 aromatic heterocycles. The minimum absolute atomic E-state index is 0.0536. The predicted octanol–water partition coefficient (Wildman–Crippen LogP) is 1.12. The second kappa shape index (κ2) is 7.20. The summed E-state index contributed by atoms with van der Waals surface area (Å²) >= 11 is 0. The van der Waals surface area contributed by atoms with Crippen LogP contribution in [0.3, 0.4) is 0 Å². The van der Waals surface area contributed by atoms with E-state index in [-0.39, 0.29) is 11.3 Å². The fourth-order valence-electron chi connectivity index (χ4n) is 2.65. The first-order chi connectivity index (χ1) is 9.19. The molecule has 0 radical (unpaired) electrons. The van der Waals surface area contributed by atoms with E-state index in [0.717, 1.165) is 19.4 Å². The summed E-state index contributed by atoms with van der Waals surface area (Å²) in [6.07, 6.45) is 4.05. The highest BCUT2D eigenvalue weighted by Gasteiger charge is 2.41. The molecule has 0 amide bonds. The Hall–Kier alpha value is -0.170. The van der Waals surface area contributed by atoms with E-state index in [0.29, 0.717) is 19.0 Å². The molecule has 6 heteroatoms. The Kier molecular flexibility index (Phi) is 6.44. The van der Waals surface area contributed by atoms with E-state index in [4.69, 9.17) is 0 Å². The molecule has 0 aromatic carbocycles. The van der Waals surface area contributed by atoms with Gasteiger partial charge in [0.15, 0.2) is 0 Å². The van der Waals surface area contributed by atoms with Crippen LogP contribution in [0.1, 0.15) is 39.5 Å². The van der Waals surface area contributed by atoms with Crippen molar-refractivity contribution in [2.45, 2.75) is 51.1 Å². The highest BCUT2D eigenvalue weighted by molar-refractivity contribution is 7.89. The minimum Gasteiger partial charge on any atom is -0.314 e. The first-order valence-electron chi connectivity index (χ1n) is 7.54. The average molecular weight is 305 g/mol. The van der Waals surface area contributed by atoms with Crippen LogP contribution in [0, 0.1) is 0 Å². The van der Waals surface area contributed by atoms with Gasteiger partial charge in [-0.3, -0.25) is 0 Å². The van der Waals surface area contributed by atoms with Crippen LogP contribution in [0.4, 0.5) is 0 Å². The Bertz CT molecular complexity index is 389. The van der Waals surface area contributed by atoms with E-state index in [9.17, 15) is 8.42 Å². The molecule has 0 spiro atoms. The number of nitrogens with zero attached hydrogens (tertiary/aromatic N) is 2. The average Bonchev–Trinajstić information content (AvgIpc) is 2.28. The number of rotatable bonds is 9. The molecule has 1 N–H and O–H groups in total. The van der Waals surface area contributed by atoms with Crippen molar-refractivity contribution in [1.82, 2.24) is 14.5 Å². The van der Waals surface area contributed by atoms with Crippen molar-refractivity contribution in [3.63, 3.8) is 0 Å². The number of likely N-dealkylation sites (N-methyl/N-ethyl adjacent to an activating group) is 2. The Morgan fingerprint density at radius 3 is 2.20 bits per heavy atom. The molecule has 1 aliphatic carbocycles. The third kappa shape index (κ3) is 4.69. The molecule has 0 unspecified atom stereocenters. The van der Waals surface area contributed by atoms with Crippen LogP contribution in [-0.2, 0) is 10.0 Å². The normalized spacial score (nSPS) is 18.8. The van der Waals surface area contributed by atoms with Gasteiger partial charge < -0.3 is 10.2 Å². The second-order valence-corrected chi connectivity index (χ2v) is 8.70. The summed E-state index contributed by atoms with van der Waals surface area (Å²) in [4.78, 5) is 2.18. The van der Waals surface area contributed by atoms with Crippen LogP contribution in [0.2, 0.25) is 0 Å². The maximum Gasteiger partial charge on any atom is 0.213 e. The van der Waals surface area contributed by atoms with Gasteiger partial charge in [-0.05, 0) is 46.3 Å². The fourth-order valence-corrected chi connectivity index (χ4v) is 3.90. The molecular formula is C14H31N3O2S. The maximum absolute atomic E-state index is 12.3. The number of hydrogen-bond acceptors (Lipinski definition) is 4. The van der Waals surface area contributed by atoms with E-state index in [1.807, 2.05) is 14.1 Å². The zero-order chi connectivity index (χ0) is 15.4. The Morgan fingerprint density at radius 2 is 1.80 bits per heavy atom. The first kappa shape index (κ1) is 17.9. The molecule has 0 aromatic rings. The lowest BCUT2D eigenvalue weighted by molar-refractivity contribution is 0.0455. The summed E-state index contributed by atoms with van der Waals surface area (Å²) in [5, 5.41) is 3.25. The largest absolute Gasteiger partial charge is 0.314 e. The van der Waals surface area contributed by atoms with Gasteiger partial charge in [0.2, 0.25) is 10.0 Å². The van der Waals surface area contributed by atoms with Crippen LogP contribution in [0.5, 0.6) is 0 Å². The maximum atomic E-state index is 12.3. The van der Waals surface area contributed by atoms with E-state index in [1.54, 1.807) is 11.4 Å². The quantitative estimate of drug-likeness (QED) is 0.649. The smallest absolute Gasteiger partial charge is 0.213 e. The zero-order valence-electron chi connectivity index (χ0n) is 13.6. The minimum atomic E-state index is -3.13. The van der Waals surface area contributed by atoms with Crippen LogP contribution in [0.25, 0.3) is 0 Å². The lowest BCUT2D eigenvalue weighted by Crippen LogP contribution is -2.57. The van der Waals surface area contributed by atoms with Gasteiger partial charge in [0, 0.05) is 25.2 Å². The highest BCUT2D eigenvalue weighted by atomic mass is 32.2. The van der Waals surface area contributed by atoms with Gasteiger partial charge >= 0.3 is 0 Å². The van der Waals surface area contributed by atoms with Gasteiger partial charge in [-0.25, -0.2) is 12.7 Å². The molecular weight excluding hydrogens is 274 g/mol. The molecule has 0 aliphatic heterocycles. The molecule has 0 bridgehead atoms. The topological polar surface area (TPSA) is 52.7 Å². The summed E-state index contributed by atoms with van der Waals surface area (Å²) < 4.78 is 26.1. The third-order valence-electron chi connectivity index (χ3n) is 4.36. The summed E-state index contributed by atoms with van der Waals surface area (Å²) in [5.74, 6) is 0.229. The summed E-state index contributed by atoms with van der Waals surface area (Å²) in [6, 6.07) is 0.405. The summed E-state index contributed by atoms with van der Waals surface area (Å²) in [6.45, 7) is 5.50. The molecule has 5 nitrogen and oxygen atoms in total. The fraction of sp³-hybridized carbons (Fsp3) is 1.00. The Balaban J connectivity index is 2.46. The molecule has 0 atom stereocenters. The third-order valence-corrected chi connectivity index (χ3v) is 6.24. The molecule has 1 aliphatic rings. The lowest BCUT2D eigenvalue weighted by Gasteiger charge is -2.49. The monoisotopic (exact) mass is 305 g/mol. The molecule has 1 saturated carbocycles. The van der Waals surface area contributed by atoms with Crippen molar-refractivity contribution in [1.29, 1.82) is 0 Å². The van der Waals surface area contributed by atoms with Crippen molar-refractivity contribution in [2.24, 2.45) is 0 Å². The van der Waals surface area contributed by atoms with Crippen molar-refractivity contribution in [2.75, 3.05) is 40.0 Å². The molecule has 1 rings (SSSR count). The van der Waals surface area contributed by atoms with Gasteiger partial charge in [0.1, 0.15) is 0 Å². The molecule has 1 fully saturated rings. The molecule has 0 saturated heterocycles. The van der Waals surface area contributed by atoms with Gasteiger partial charge in [0.25, 0.3) is 0 Å². The van der Waals surface area contributed by atoms with Crippen LogP contribution >= 0.6 is 0 Å². The van der Waals surface area contributed by atoms with Gasteiger partial charge in [0.05, 0.1) is 5.75 Å². The van der Waals surface area contributed by atoms with Gasteiger partial charge in [-0.1, -0.05) is 13.8 Å². The van der Waals surface area contributed by atoms with E-state index in [2.05, 4.69) is 24.1 Å². The van der Waals surface area contributed by atoms with Crippen molar-refractivity contribution >= 4 is 10.0 Å². The van der Waals surface area contributed by atoms with Crippen LogP contribution in [0.15, 0.2) is 0 Å². The number of hydrogen-bond donors (Lipinski definition) is 1. The molecule has 20 heavy (non-hydrogen) atoms. The van der Waals surface area contributed by atoms with Crippen LogP contribution < -0.4 is 5.32 Å². The zero-order valence-corrected chi connectivity index (χ0v) is 14.5. The summed E-state index contributed by atoms with van der Waals surface area (Å²) in [5.41, 5.74) is 0.0536. The highest BCUT2D eigenvalue weighted by Crippen LogP contribution is 2.37. The second-order valence-electron chi connectivity index (χ2n) is 6.51. The van der Waals surface area contributed by atoms with Crippen molar-refractivity contribution in [3.05, 3.63) is 0 Å². The van der Waals surface area contributed by atoms with E-state index in [1.165, 1.54) is 6.42 Å². The SMILES string of the molecule is CC(C)NCCCS(=O)(=O)N(C)CC1(N(C)C)CCC1. The molecule has 120 valence electrons. The van der Waals surface area contributed by atoms with Crippen molar-refractivity contribution < 1.29 is 8.42 Å². The number of nitrogens with one attached hydrogen (secondary N) is 1. The van der Waals surface area contributed by atoms with Crippen molar-refractivity contribution in [3.8, 4) is 0 Å². The van der Waals surface area contributed by atoms with Crippen LogP contribution in [-0.4, -0.2) is 69.2 Å². The Morgan fingerprint density at radius 1 is 1.20 bits per heavy atom. The predicted molar refractivity (Wildman–Crippen MR) is 84.4 cm³/mol. The lowest BCUT2D eigenvalue weighted by atomic mass is 9.75. The van der Waals surface area contributed by atoms with E-state index >= 15 is 0 Å².